The van der Waals surface area contributed by atoms with E-state index in [9.17, 15) is 0 Å². The van der Waals surface area contributed by atoms with Crippen molar-refractivity contribution in [3.63, 3.8) is 0 Å². The molecule has 0 spiro atoms. The van der Waals surface area contributed by atoms with E-state index in [4.69, 9.17) is 28.4 Å². The highest BCUT2D eigenvalue weighted by Crippen LogP contribution is 2.56. The molecule has 8 nitrogen and oxygen atoms in total. The fourth-order valence-corrected chi connectivity index (χ4v) is 11.1. The largest absolute Gasteiger partial charge is 0.381 e. The molecule has 0 atom stereocenters. The number of hydrogen-bond acceptors (Lipinski definition) is 8. The van der Waals surface area contributed by atoms with Gasteiger partial charge in [-0.3, -0.25) is 0 Å². The van der Waals surface area contributed by atoms with Crippen LogP contribution in [0, 0.1) is 10.8 Å². The third-order valence-corrected chi connectivity index (χ3v) is 16.2. The minimum absolute atomic E-state index is 0.251. The fraction of sp³-hybridized carbons (Fsp3) is 0.403. The molecule has 392 valence electrons. The van der Waals surface area contributed by atoms with Gasteiger partial charge in [0.1, 0.15) is 0 Å². The van der Waals surface area contributed by atoms with Crippen LogP contribution in [0.15, 0.2) is 158 Å². The number of hydrogen-bond donors (Lipinski definition) is 0. The summed E-state index contributed by atoms with van der Waals surface area (Å²) in [5, 5.41) is 2.47. The molecule has 10 rings (SSSR count). The maximum atomic E-state index is 6.19. The van der Waals surface area contributed by atoms with Crippen LogP contribution in [0.1, 0.15) is 101 Å². The average molecular weight is 1010 g/mol. The van der Waals surface area contributed by atoms with Crippen molar-refractivity contribution in [2.75, 3.05) is 75.9 Å². The predicted octanol–water partition coefficient (Wildman–Crippen LogP) is 16.3. The molecule has 0 bridgehead atoms. The van der Waals surface area contributed by atoms with E-state index in [1.807, 2.05) is 0 Å². The second-order valence-corrected chi connectivity index (χ2v) is 21.9. The van der Waals surface area contributed by atoms with Crippen LogP contribution in [0.4, 0.5) is 34.1 Å². The molecule has 0 unspecified atom stereocenters. The third kappa shape index (κ3) is 11.9. The summed E-state index contributed by atoms with van der Waals surface area (Å²) in [6, 6.07) is 57.9. The van der Waals surface area contributed by atoms with Gasteiger partial charge in [0, 0.05) is 76.5 Å². The third-order valence-electron chi connectivity index (χ3n) is 16.2. The number of rotatable bonds is 28. The number of unbranched alkanes of at least 4 members (excludes halogenated alkanes) is 4. The molecule has 0 aromatic heterocycles. The summed E-state index contributed by atoms with van der Waals surface area (Å²) < 4.78 is 35.2. The number of benzene rings is 7. The van der Waals surface area contributed by atoms with E-state index >= 15 is 0 Å². The van der Waals surface area contributed by atoms with Crippen LogP contribution < -0.4 is 9.80 Å². The van der Waals surface area contributed by atoms with Gasteiger partial charge in [-0.15, -0.1) is 0 Å². The summed E-state index contributed by atoms with van der Waals surface area (Å²) in [4.78, 5) is 4.81. The molecule has 7 aromatic rings. The SMILES string of the molecule is CCC1(COCCCCCOCc2ccc(N(c3ccccc3)c3ccc4c(c3)C(C)(C)c3cc(N(c5ccccc5)c5ccc(COCCCCCOCC6(CC)COC6)cc5)c5ccccc5c3-4)cc2)COC1. The zero-order valence-corrected chi connectivity index (χ0v) is 45.0. The molecular weight excluding hydrogens is 929 g/mol. The van der Waals surface area contributed by atoms with Gasteiger partial charge in [-0.05, 0) is 157 Å². The van der Waals surface area contributed by atoms with E-state index in [0.717, 1.165) is 152 Å². The molecule has 0 radical (unpaired) electrons. The van der Waals surface area contributed by atoms with Crippen LogP contribution >= 0.6 is 0 Å². The molecule has 2 aliphatic heterocycles. The number of anilines is 6. The summed E-state index contributed by atoms with van der Waals surface area (Å²) in [6.45, 7) is 18.5. The Hall–Kier alpha value is -5.84. The van der Waals surface area contributed by atoms with E-state index in [2.05, 4.69) is 195 Å². The molecule has 2 saturated heterocycles. The Balaban J connectivity index is 0.831. The van der Waals surface area contributed by atoms with E-state index in [0.29, 0.717) is 13.2 Å². The highest BCUT2D eigenvalue weighted by molar-refractivity contribution is 6.10. The summed E-state index contributed by atoms with van der Waals surface area (Å²) in [6.07, 6.45) is 8.63. The highest BCUT2D eigenvalue weighted by atomic mass is 16.5. The smallest absolute Gasteiger partial charge is 0.0716 e. The van der Waals surface area contributed by atoms with Crippen LogP contribution in [0.25, 0.3) is 21.9 Å². The molecule has 8 heteroatoms. The predicted molar refractivity (Wildman–Crippen MR) is 307 cm³/mol. The average Bonchev–Trinajstić information content (AvgIpc) is 3.66. The summed E-state index contributed by atoms with van der Waals surface area (Å²) >= 11 is 0. The topological polar surface area (TPSA) is 61.9 Å². The Morgan fingerprint density at radius 2 is 0.867 bits per heavy atom. The van der Waals surface area contributed by atoms with Gasteiger partial charge in [0.25, 0.3) is 0 Å². The molecule has 0 saturated carbocycles. The number of ether oxygens (including phenoxy) is 6. The Morgan fingerprint density at radius 1 is 0.427 bits per heavy atom. The summed E-state index contributed by atoms with van der Waals surface area (Å²) in [5.41, 5.74) is 14.5. The van der Waals surface area contributed by atoms with Crippen molar-refractivity contribution in [3.8, 4) is 11.1 Å². The lowest BCUT2D eigenvalue weighted by molar-refractivity contribution is -0.150. The molecule has 2 fully saturated rings. The van der Waals surface area contributed by atoms with Crippen LogP contribution in [0.3, 0.4) is 0 Å². The fourth-order valence-electron chi connectivity index (χ4n) is 11.1. The standard InChI is InChI=1S/C67H78N2O6/c1-5-66(47-74-48-66)45-72-39-19-9-17-37-70-43-51-27-31-55(32-28-51)68(53-21-11-7-12-22-53)57-35-36-60-61(41-57)65(3,4)62-42-63(58-25-15-16-26-59(58)64(60)62)69(54-23-13-8-14-24-54)56-33-29-52(30-34-56)44-71-38-18-10-20-40-73-46-67(6-2)49-75-50-67/h7-8,11-16,21-36,41-42H,5-6,9-10,17-20,37-40,43-50H2,1-4H3. The van der Waals surface area contributed by atoms with Crippen molar-refractivity contribution >= 4 is 44.9 Å². The van der Waals surface area contributed by atoms with Gasteiger partial charge >= 0.3 is 0 Å². The molecule has 0 amide bonds. The molecule has 1 aliphatic carbocycles. The van der Waals surface area contributed by atoms with Crippen LogP contribution in [-0.2, 0) is 47.0 Å². The minimum atomic E-state index is -0.292. The van der Waals surface area contributed by atoms with Gasteiger partial charge in [-0.25, -0.2) is 0 Å². The lowest BCUT2D eigenvalue weighted by Crippen LogP contribution is -2.45. The first-order valence-electron chi connectivity index (χ1n) is 27.9. The lowest BCUT2D eigenvalue weighted by Gasteiger charge is -2.40. The van der Waals surface area contributed by atoms with Gasteiger partial charge < -0.3 is 38.2 Å². The van der Waals surface area contributed by atoms with Crippen molar-refractivity contribution in [2.24, 2.45) is 10.8 Å². The normalized spacial score (nSPS) is 15.7. The number of para-hydroxylation sites is 2. The van der Waals surface area contributed by atoms with Crippen molar-refractivity contribution in [1.82, 2.24) is 0 Å². The zero-order valence-electron chi connectivity index (χ0n) is 45.0. The van der Waals surface area contributed by atoms with E-state index < -0.39 is 0 Å². The maximum Gasteiger partial charge on any atom is 0.0716 e. The first kappa shape index (κ1) is 52.6. The highest BCUT2D eigenvalue weighted by Gasteiger charge is 2.40. The van der Waals surface area contributed by atoms with Crippen molar-refractivity contribution in [1.29, 1.82) is 0 Å². The molecular formula is C67H78N2O6. The van der Waals surface area contributed by atoms with Gasteiger partial charge in [0.15, 0.2) is 0 Å². The van der Waals surface area contributed by atoms with E-state index in [1.54, 1.807) is 0 Å². The minimum Gasteiger partial charge on any atom is -0.381 e. The zero-order chi connectivity index (χ0) is 51.5. The Morgan fingerprint density at radius 3 is 1.36 bits per heavy atom. The van der Waals surface area contributed by atoms with Crippen molar-refractivity contribution < 1.29 is 28.4 Å². The van der Waals surface area contributed by atoms with E-state index in [1.165, 1.54) is 44.2 Å². The molecule has 3 aliphatic rings. The van der Waals surface area contributed by atoms with Crippen LogP contribution in [0.2, 0.25) is 0 Å². The van der Waals surface area contributed by atoms with Crippen LogP contribution in [0.5, 0.6) is 0 Å². The van der Waals surface area contributed by atoms with Crippen LogP contribution in [-0.4, -0.2) is 66.1 Å². The first-order valence-corrected chi connectivity index (χ1v) is 27.9. The Kier molecular flexibility index (Phi) is 17.1. The molecule has 0 N–H and O–H groups in total. The Bertz CT molecular complexity index is 2900. The summed E-state index contributed by atoms with van der Waals surface area (Å²) in [7, 11) is 0. The van der Waals surface area contributed by atoms with Gasteiger partial charge in [-0.1, -0.05) is 119 Å². The number of fused-ring (bicyclic) bond motifs is 5. The summed E-state index contributed by atoms with van der Waals surface area (Å²) in [5.74, 6) is 0. The lowest BCUT2D eigenvalue weighted by atomic mass is 9.81. The van der Waals surface area contributed by atoms with E-state index in [-0.39, 0.29) is 16.2 Å². The quantitative estimate of drug-likeness (QED) is 0.0450. The maximum absolute atomic E-state index is 6.19. The number of nitrogens with zero attached hydrogens (tertiary/aromatic N) is 2. The molecule has 2 heterocycles. The second-order valence-electron chi connectivity index (χ2n) is 21.9. The van der Waals surface area contributed by atoms with Gasteiger partial charge in [0.05, 0.1) is 58.5 Å². The van der Waals surface area contributed by atoms with Crippen molar-refractivity contribution in [2.45, 2.75) is 97.7 Å². The monoisotopic (exact) mass is 1010 g/mol. The van der Waals surface area contributed by atoms with Crippen molar-refractivity contribution in [3.05, 3.63) is 180 Å². The Labute approximate surface area is 446 Å². The molecule has 7 aromatic carbocycles. The van der Waals surface area contributed by atoms with Gasteiger partial charge in [-0.2, -0.15) is 0 Å². The molecule has 75 heavy (non-hydrogen) atoms. The first-order chi connectivity index (χ1) is 36.8. The van der Waals surface area contributed by atoms with Gasteiger partial charge in [0.2, 0.25) is 0 Å². The second kappa shape index (κ2) is 24.4.